The summed E-state index contributed by atoms with van der Waals surface area (Å²) in [4.78, 5) is 24.8. The van der Waals surface area contributed by atoms with Crippen LogP contribution in [0.15, 0.2) is 12.2 Å². The third-order valence-electron chi connectivity index (χ3n) is 14.3. The number of esters is 1. The van der Waals surface area contributed by atoms with E-state index in [2.05, 4.69) is 64.7 Å². The van der Waals surface area contributed by atoms with Crippen molar-refractivity contribution in [3.8, 4) is 12.3 Å². The summed E-state index contributed by atoms with van der Waals surface area (Å²) in [6, 6.07) is 0. The summed E-state index contributed by atoms with van der Waals surface area (Å²) >= 11 is 0. The van der Waals surface area contributed by atoms with Gasteiger partial charge in [0.25, 0.3) is 0 Å². The van der Waals surface area contributed by atoms with Crippen LogP contribution in [-0.4, -0.2) is 37.1 Å². The smallest absolute Gasteiger partial charge is 0.306 e. The highest BCUT2D eigenvalue weighted by Gasteiger charge is 2.70. The predicted molar refractivity (Wildman–Crippen MR) is 169 cm³/mol. The van der Waals surface area contributed by atoms with Crippen LogP contribution in [0.2, 0.25) is 0 Å². The van der Waals surface area contributed by atoms with E-state index >= 15 is 0 Å². The Bertz CT molecular complexity index is 1120. The van der Waals surface area contributed by atoms with Gasteiger partial charge in [0, 0.05) is 17.4 Å². The zero-order valence-electron chi connectivity index (χ0n) is 27.5. The summed E-state index contributed by atoms with van der Waals surface area (Å²) in [5.74, 6) is 5.04. The number of hydrogen-bond acceptors (Lipinski definition) is 4. The first kappa shape index (κ1) is 31.6. The van der Waals surface area contributed by atoms with Crippen molar-refractivity contribution in [1.29, 1.82) is 0 Å². The Morgan fingerprint density at radius 3 is 2.43 bits per heavy atom. The standard InChI is InChI=1S/C37H58N2O3/c1-9-22-38-30(40)13-14-31(41)42-24-37-19-15-26(25(2)3)32(37)27-11-12-29-34(6)17-10-23-39-33(4,5)28(34)16-18-36(29,8)35(27,7)20-21-37/h1,26-29,32,39H,2,10-24H2,3-8H3,(H,38,40)/t26-,27?,28-,29+,32+,34-,35+,36+,37+/m0/s1. The number of fused-ring (bicyclic) bond motifs is 7. The summed E-state index contributed by atoms with van der Waals surface area (Å²) in [6.07, 6.45) is 17.9. The van der Waals surface area contributed by atoms with Crippen LogP contribution >= 0.6 is 0 Å². The van der Waals surface area contributed by atoms with E-state index in [0.29, 0.717) is 35.2 Å². The van der Waals surface area contributed by atoms with Crippen molar-refractivity contribution in [2.24, 2.45) is 51.2 Å². The Labute approximate surface area is 256 Å². The van der Waals surface area contributed by atoms with Gasteiger partial charge in [-0.15, -0.1) is 6.42 Å². The maximum absolute atomic E-state index is 12.8. The number of nitrogens with one attached hydrogen (secondary N) is 2. The number of carbonyl (C=O) groups is 2. The fraction of sp³-hybridized carbons (Fsp3) is 0.838. The summed E-state index contributed by atoms with van der Waals surface area (Å²) in [6.45, 7) is 21.5. The van der Waals surface area contributed by atoms with Gasteiger partial charge in [0.15, 0.2) is 0 Å². The lowest BCUT2D eigenvalue weighted by atomic mass is 9.33. The van der Waals surface area contributed by atoms with Crippen LogP contribution in [0.25, 0.3) is 0 Å². The molecule has 1 amide bonds. The van der Waals surface area contributed by atoms with Gasteiger partial charge in [-0.05, 0) is 137 Å². The average Bonchev–Trinajstić information content (AvgIpc) is 3.27. The topological polar surface area (TPSA) is 67.4 Å². The highest BCUT2D eigenvalue weighted by atomic mass is 16.5. The Kier molecular flexibility index (Phi) is 8.49. The second-order valence-electron chi connectivity index (χ2n) is 16.4. The molecule has 5 fully saturated rings. The van der Waals surface area contributed by atoms with Gasteiger partial charge in [-0.1, -0.05) is 38.8 Å². The molecular weight excluding hydrogens is 520 g/mol. The number of allylic oxidation sites excluding steroid dienone is 1. The van der Waals surface area contributed by atoms with E-state index < -0.39 is 0 Å². The molecule has 1 saturated heterocycles. The second-order valence-corrected chi connectivity index (χ2v) is 16.4. The SMILES string of the molecule is C#CCNC(=O)CCC(=O)OC[C@]12CC[C@@H](C(=C)C)[C@@H]1C1CC[C@@H]3[C@@]4(C)CCCNC(C)(C)[C@@H]4CC[C@@]3(C)[C@]1(C)CC2. The molecule has 5 aliphatic rings. The van der Waals surface area contributed by atoms with Gasteiger partial charge in [0.2, 0.25) is 5.91 Å². The van der Waals surface area contributed by atoms with Gasteiger partial charge < -0.3 is 15.4 Å². The number of rotatable bonds is 7. The normalized spacial score (nSPS) is 43.8. The quantitative estimate of drug-likeness (QED) is 0.193. The average molecular weight is 579 g/mol. The lowest BCUT2D eigenvalue weighted by Gasteiger charge is -2.71. The highest BCUT2D eigenvalue weighted by Crippen LogP contribution is 2.76. The minimum atomic E-state index is -0.266. The van der Waals surface area contributed by atoms with Gasteiger partial charge in [-0.3, -0.25) is 9.59 Å². The van der Waals surface area contributed by atoms with Crippen molar-refractivity contribution in [3.05, 3.63) is 12.2 Å². The molecule has 234 valence electrons. The van der Waals surface area contributed by atoms with Crippen molar-refractivity contribution in [1.82, 2.24) is 10.6 Å². The monoisotopic (exact) mass is 578 g/mol. The van der Waals surface area contributed by atoms with Crippen LogP contribution in [0.3, 0.4) is 0 Å². The first-order valence-electron chi connectivity index (χ1n) is 17.0. The lowest BCUT2D eigenvalue weighted by Crippen LogP contribution is -2.66. The van der Waals surface area contributed by atoms with Gasteiger partial charge in [-0.2, -0.15) is 0 Å². The number of ether oxygens (including phenoxy) is 1. The van der Waals surface area contributed by atoms with E-state index in [9.17, 15) is 9.59 Å². The molecule has 5 heteroatoms. The number of amides is 1. The molecule has 4 saturated carbocycles. The van der Waals surface area contributed by atoms with Gasteiger partial charge in [-0.25, -0.2) is 0 Å². The second kappa shape index (κ2) is 11.3. The van der Waals surface area contributed by atoms with Crippen LogP contribution in [-0.2, 0) is 14.3 Å². The summed E-state index contributed by atoms with van der Waals surface area (Å²) in [5, 5.41) is 6.58. The number of hydrogen-bond donors (Lipinski definition) is 2. The molecule has 9 atom stereocenters. The Balaban J connectivity index is 1.39. The van der Waals surface area contributed by atoms with Crippen LogP contribution in [0, 0.1) is 63.6 Å². The predicted octanol–water partition coefficient (Wildman–Crippen LogP) is 7.06. The number of terminal acetylenes is 1. The van der Waals surface area contributed by atoms with Crippen LogP contribution in [0.5, 0.6) is 0 Å². The van der Waals surface area contributed by atoms with Gasteiger partial charge in [0.05, 0.1) is 19.6 Å². The molecule has 0 bridgehead atoms. The van der Waals surface area contributed by atoms with Gasteiger partial charge >= 0.3 is 5.97 Å². The largest absolute Gasteiger partial charge is 0.465 e. The van der Waals surface area contributed by atoms with Crippen molar-refractivity contribution in [2.75, 3.05) is 19.7 Å². The molecule has 0 aromatic rings. The van der Waals surface area contributed by atoms with Crippen molar-refractivity contribution in [3.63, 3.8) is 0 Å². The first-order valence-corrected chi connectivity index (χ1v) is 17.0. The van der Waals surface area contributed by atoms with E-state index in [1.807, 2.05) is 0 Å². The molecule has 5 rings (SSSR count). The lowest BCUT2D eigenvalue weighted by molar-refractivity contribution is -0.228. The molecule has 1 heterocycles. The number of carbonyl (C=O) groups excluding carboxylic acids is 2. The fourth-order valence-corrected chi connectivity index (χ4v) is 12.2. The molecule has 1 unspecified atom stereocenters. The maximum atomic E-state index is 12.8. The zero-order valence-corrected chi connectivity index (χ0v) is 27.5. The molecule has 0 radical (unpaired) electrons. The van der Waals surface area contributed by atoms with Crippen molar-refractivity contribution < 1.29 is 14.3 Å². The summed E-state index contributed by atoms with van der Waals surface area (Å²) in [7, 11) is 0. The maximum Gasteiger partial charge on any atom is 0.306 e. The molecule has 1 aliphatic heterocycles. The Hall–Kier alpha value is -1.80. The first-order chi connectivity index (χ1) is 19.7. The Morgan fingerprint density at radius 1 is 0.952 bits per heavy atom. The third kappa shape index (κ3) is 4.96. The van der Waals surface area contributed by atoms with E-state index in [0.717, 1.165) is 37.6 Å². The third-order valence-corrected chi connectivity index (χ3v) is 14.3. The molecule has 0 spiro atoms. The molecule has 42 heavy (non-hydrogen) atoms. The Morgan fingerprint density at radius 2 is 1.71 bits per heavy atom. The van der Waals surface area contributed by atoms with Crippen LogP contribution in [0.4, 0.5) is 0 Å². The molecule has 5 nitrogen and oxygen atoms in total. The van der Waals surface area contributed by atoms with E-state index in [-0.39, 0.29) is 47.6 Å². The molecule has 0 aromatic carbocycles. The molecule has 0 aromatic heterocycles. The fourth-order valence-electron chi connectivity index (χ4n) is 12.2. The van der Waals surface area contributed by atoms with E-state index in [1.165, 1.54) is 50.5 Å². The van der Waals surface area contributed by atoms with Crippen molar-refractivity contribution in [2.45, 2.75) is 124 Å². The zero-order chi connectivity index (χ0) is 30.6. The van der Waals surface area contributed by atoms with Crippen molar-refractivity contribution >= 4 is 11.9 Å². The molecule has 2 N–H and O–H groups in total. The minimum absolute atomic E-state index is 0.0215. The van der Waals surface area contributed by atoms with Crippen LogP contribution < -0.4 is 10.6 Å². The summed E-state index contributed by atoms with van der Waals surface area (Å²) in [5.41, 5.74) is 2.48. The molecule has 4 aliphatic carbocycles. The highest BCUT2D eigenvalue weighted by molar-refractivity contribution is 5.81. The molecular formula is C37H58N2O3. The summed E-state index contributed by atoms with van der Waals surface area (Å²) < 4.78 is 6.04. The van der Waals surface area contributed by atoms with E-state index in [4.69, 9.17) is 11.2 Å². The van der Waals surface area contributed by atoms with E-state index in [1.54, 1.807) is 0 Å². The van der Waals surface area contributed by atoms with Crippen LogP contribution in [0.1, 0.15) is 119 Å². The minimum Gasteiger partial charge on any atom is -0.465 e. The van der Waals surface area contributed by atoms with Gasteiger partial charge in [0.1, 0.15) is 0 Å².